The Morgan fingerprint density at radius 1 is 1.00 bits per heavy atom. The molecular formula is C22H24F3N3O2. The number of piperazine rings is 1. The molecule has 1 aliphatic rings. The highest BCUT2D eigenvalue weighted by atomic mass is 19.4. The van der Waals surface area contributed by atoms with Gasteiger partial charge in [0.25, 0.3) is 5.91 Å². The van der Waals surface area contributed by atoms with E-state index in [1.807, 2.05) is 0 Å². The van der Waals surface area contributed by atoms with E-state index in [0.29, 0.717) is 17.7 Å². The number of nitrogens with one attached hydrogen (secondary N) is 2. The summed E-state index contributed by atoms with van der Waals surface area (Å²) < 4.78 is 38.1. The highest BCUT2D eigenvalue weighted by molar-refractivity contribution is 6.09. The fraction of sp³-hybridized carbons (Fsp3) is 0.364. The highest BCUT2D eigenvalue weighted by Crippen LogP contribution is 2.29. The smallest absolute Gasteiger partial charge is 0.321 e. The van der Waals surface area contributed by atoms with Gasteiger partial charge in [0.1, 0.15) is 0 Å². The maximum Gasteiger partial charge on any atom is 0.416 e. The van der Waals surface area contributed by atoms with Gasteiger partial charge in [-0.3, -0.25) is 9.59 Å². The van der Waals surface area contributed by atoms with E-state index in [0.717, 1.165) is 63.4 Å². The fourth-order valence-corrected chi connectivity index (χ4v) is 3.37. The lowest BCUT2D eigenvalue weighted by Crippen LogP contribution is -2.43. The van der Waals surface area contributed by atoms with Crippen LogP contribution in [0.25, 0.3) is 0 Å². The van der Waals surface area contributed by atoms with Crippen LogP contribution >= 0.6 is 0 Å². The number of anilines is 1. The third-order valence-electron chi connectivity index (χ3n) is 5.04. The molecule has 160 valence electrons. The third-order valence-corrected chi connectivity index (χ3v) is 5.04. The number of halogens is 3. The largest absolute Gasteiger partial charge is 0.416 e. The molecule has 0 bridgehead atoms. The zero-order valence-corrected chi connectivity index (χ0v) is 16.5. The van der Waals surface area contributed by atoms with Gasteiger partial charge < -0.3 is 15.5 Å². The van der Waals surface area contributed by atoms with Gasteiger partial charge in [-0.1, -0.05) is 12.1 Å². The summed E-state index contributed by atoms with van der Waals surface area (Å²) in [5.41, 5.74) is 0.0238. The second kappa shape index (κ2) is 9.86. The first-order valence-electron chi connectivity index (χ1n) is 9.88. The topological polar surface area (TPSA) is 61.4 Å². The molecular weight excluding hydrogens is 395 g/mol. The molecule has 5 nitrogen and oxygen atoms in total. The van der Waals surface area contributed by atoms with Crippen molar-refractivity contribution in [1.29, 1.82) is 0 Å². The summed E-state index contributed by atoms with van der Waals surface area (Å²) >= 11 is 0. The van der Waals surface area contributed by atoms with E-state index in [4.69, 9.17) is 0 Å². The van der Waals surface area contributed by atoms with E-state index in [1.165, 1.54) is 0 Å². The van der Waals surface area contributed by atoms with Crippen molar-refractivity contribution in [2.24, 2.45) is 0 Å². The number of hydrogen-bond acceptors (Lipinski definition) is 4. The molecule has 2 N–H and O–H groups in total. The number of hydrogen-bond donors (Lipinski definition) is 2. The quantitative estimate of drug-likeness (QED) is 0.670. The molecule has 1 saturated heterocycles. The average molecular weight is 419 g/mol. The molecule has 1 heterocycles. The van der Waals surface area contributed by atoms with Gasteiger partial charge in [-0.05, 0) is 49.4 Å². The van der Waals surface area contributed by atoms with Crippen LogP contribution < -0.4 is 10.6 Å². The number of benzene rings is 2. The van der Waals surface area contributed by atoms with Crippen molar-refractivity contribution in [3.05, 3.63) is 65.2 Å². The normalized spacial score (nSPS) is 15.0. The van der Waals surface area contributed by atoms with Crippen molar-refractivity contribution in [3.8, 4) is 0 Å². The summed E-state index contributed by atoms with van der Waals surface area (Å²) in [6.45, 7) is 4.68. The molecule has 0 spiro atoms. The van der Waals surface area contributed by atoms with Crippen LogP contribution in [0.3, 0.4) is 0 Å². The van der Waals surface area contributed by atoms with Gasteiger partial charge >= 0.3 is 6.18 Å². The summed E-state index contributed by atoms with van der Waals surface area (Å²) in [5, 5.41) is 5.93. The Morgan fingerprint density at radius 3 is 2.33 bits per heavy atom. The molecule has 3 rings (SSSR count). The van der Waals surface area contributed by atoms with Gasteiger partial charge in [-0.2, -0.15) is 13.2 Å². The van der Waals surface area contributed by atoms with Gasteiger partial charge in [0.05, 0.1) is 11.3 Å². The van der Waals surface area contributed by atoms with Crippen LogP contribution in [0.4, 0.5) is 18.9 Å². The molecule has 0 aromatic heterocycles. The van der Waals surface area contributed by atoms with Crippen molar-refractivity contribution >= 4 is 17.4 Å². The van der Waals surface area contributed by atoms with E-state index >= 15 is 0 Å². The third kappa shape index (κ3) is 5.90. The maximum absolute atomic E-state index is 12.7. The lowest BCUT2D eigenvalue weighted by atomic mass is 10.0. The minimum atomic E-state index is -4.46. The van der Waals surface area contributed by atoms with E-state index in [1.54, 1.807) is 24.3 Å². The number of para-hydroxylation sites is 1. The second-order valence-corrected chi connectivity index (χ2v) is 7.19. The number of nitrogens with zero attached hydrogens (tertiary/aromatic N) is 1. The second-order valence-electron chi connectivity index (χ2n) is 7.19. The number of rotatable bonds is 7. The van der Waals surface area contributed by atoms with Crippen LogP contribution in [0.15, 0.2) is 48.5 Å². The minimum Gasteiger partial charge on any atom is -0.321 e. The molecule has 30 heavy (non-hydrogen) atoms. The minimum absolute atomic E-state index is 0.0755. The van der Waals surface area contributed by atoms with Crippen LogP contribution in [0.2, 0.25) is 0 Å². The van der Waals surface area contributed by atoms with Gasteiger partial charge in [0, 0.05) is 43.7 Å². The van der Waals surface area contributed by atoms with Crippen molar-refractivity contribution in [2.75, 3.05) is 38.0 Å². The summed E-state index contributed by atoms with van der Waals surface area (Å²) in [7, 11) is 0. The Labute approximate surface area is 173 Å². The van der Waals surface area contributed by atoms with Gasteiger partial charge in [0.2, 0.25) is 0 Å². The van der Waals surface area contributed by atoms with Gasteiger partial charge in [-0.25, -0.2) is 0 Å². The SMILES string of the molecule is O=C(Nc1ccccc1C(=O)CCCN1CCNCC1)c1ccc(C(F)(F)F)cc1. The van der Waals surface area contributed by atoms with Crippen LogP contribution in [0.1, 0.15) is 39.1 Å². The predicted octanol–water partition coefficient (Wildman–Crippen LogP) is 3.83. The summed E-state index contributed by atoms with van der Waals surface area (Å²) in [6, 6.07) is 10.6. The molecule has 0 aliphatic carbocycles. The highest BCUT2D eigenvalue weighted by Gasteiger charge is 2.30. The van der Waals surface area contributed by atoms with Gasteiger partial charge in [0.15, 0.2) is 5.78 Å². The molecule has 0 atom stereocenters. The van der Waals surface area contributed by atoms with Crippen LogP contribution in [-0.4, -0.2) is 49.3 Å². The molecule has 1 amide bonds. The molecule has 8 heteroatoms. The lowest BCUT2D eigenvalue weighted by Gasteiger charge is -2.26. The van der Waals surface area contributed by atoms with Gasteiger partial charge in [-0.15, -0.1) is 0 Å². The Bertz CT molecular complexity index is 876. The number of amides is 1. The summed E-state index contributed by atoms with van der Waals surface area (Å²) in [5.74, 6) is -0.641. The maximum atomic E-state index is 12.7. The number of alkyl halides is 3. The predicted molar refractivity (Wildman–Crippen MR) is 109 cm³/mol. The standard InChI is InChI=1S/C22H24F3N3O2/c23-22(24,25)17-9-7-16(8-10-17)21(30)27-19-5-2-1-4-18(19)20(29)6-3-13-28-14-11-26-12-15-28/h1-2,4-5,7-10,26H,3,6,11-15H2,(H,27,30). The van der Waals surface area contributed by atoms with Crippen LogP contribution in [-0.2, 0) is 6.18 Å². The number of ketones is 1. The zero-order valence-electron chi connectivity index (χ0n) is 16.5. The number of Topliss-reactive ketones (excluding diaryl/α,β-unsaturated/α-hetero) is 1. The number of carbonyl (C=O) groups excluding carboxylic acids is 2. The van der Waals surface area contributed by atoms with E-state index in [2.05, 4.69) is 15.5 Å². The fourth-order valence-electron chi connectivity index (χ4n) is 3.37. The molecule has 0 saturated carbocycles. The Hall–Kier alpha value is -2.71. The molecule has 0 radical (unpaired) electrons. The van der Waals surface area contributed by atoms with E-state index < -0.39 is 17.6 Å². The molecule has 1 fully saturated rings. The average Bonchev–Trinajstić information content (AvgIpc) is 2.74. The van der Waals surface area contributed by atoms with Crippen LogP contribution in [0, 0.1) is 0 Å². The zero-order chi connectivity index (χ0) is 21.6. The summed E-state index contributed by atoms with van der Waals surface area (Å²) in [4.78, 5) is 27.4. The van der Waals surface area contributed by atoms with Crippen LogP contribution in [0.5, 0.6) is 0 Å². The Balaban J connectivity index is 1.61. The first-order valence-corrected chi connectivity index (χ1v) is 9.88. The monoisotopic (exact) mass is 419 g/mol. The molecule has 0 unspecified atom stereocenters. The lowest BCUT2D eigenvalue weighted by molar-refractivity contribution is -0.137. The summed E-state index contributed by atoms with van der Waals surface area (Å²) in [6.07, 6.45) is -3.38. The first-order chi connectivity index (χ1) is 14.3. The Morgan fingerprint density at radius 2 is 1.67 bits per heavy atom. The number of carbonyl (C=O) groups is 2. The van der Waals surface area contributed by atoms with Crippen molar-refractivity contribution < 1.29 is 22.8 Å². The van der Waals surface area contributed by atoms with E-state index in [-0.39, 0.29) is 11.3 Å². The van der Waals surface area contributed by atoms with E-state index in [9.17, 15) is 22.8 Å². The molecule has 1 aliphatic heterocycles. The molecule has 2 aromatic rings. The molecule has 2 aromatic carbocycles. The first kappa shape index (κ1) is 22.0. The Kier molecular flexibility index (Phi) is 7.23. The van der Waals surface area contributed by atoms with Crippen molar-refractivity contribution in [2.45, 2.75) is 19.0 Å². The van der Waals surface area contributed by atoms with Crippen molar-refractivity contribution in [3.63, 3.8) is 0 Å². The van der Waals surface area contributed by atoms with Crippen molar-refractivity contribution in [1.82, 2.24) is 10.2 Å².